The van der Waals surface area contributed by atoms with Gasteiger partial charge in [0.15, 0.2) is 0 Å². The quantitative estimate of drug-likeness (QED) is 0.122. The highest BCUT2D eigenvalue weighted by Gasteiger charge is 2.31. The number of aliphatic hydroxyl groups is 1. The maximum atomic E-state index is 10.7. The van der Waals surface area contributed by atoms with E-state index in [4.69, 9.17) is 21.7 Å². The molecule has 1 rings (SSSR count). The predicted octanol–water partition coefficient (Wildman–Crippen LogP) is -1.16. The highest BCUT2D eigenvalue weighted by atomic mass is 16.7. The summed E-state index contributed by atoms with van der Waals surface area (Å²) in [6.45, 7) is 7.84. The lowest BCUT2D eigenvalue weighted by Gasteiger charge is -2.16. The van der Waals surface area contributed by atoms with E-state index in [2.05, 4.69) is 22.1 Å². The number of rotatable bonds is 10. The third-order valence-corrected chi connectivity index (χ3v) is 3.85. The summed E-state index contributed by atoms with van der Waals surface area (Å²) in [4.78, 5) is 67.4. The Bertz CT molecular complexity index is 726. The number of carbonyl (C=O) groups is 6. The first-order valence-electron chi connectivity index (χ1n) is 10.3. The van der Waals surface area contributed by atoms with Crippen molar-refractivity contribution in [2.45, 2.75) is 65.0 Å². The van der Waals surface area contributed by atoms with Gasteiger partial charge in [0.05, 0.1) is 0 Å². The number of nitrogens with two attached hydrogens (primary N) is 2. The molecule has 2 atom stereocenters. The fourth-order valence-electron chi connectivity index (χ4n) is 2.16. The summed E-state index contributed by atoms with van der Waals surface area (Å²) in [7, 11) is 0. The van der Waals surface area contributed by atoms with Crippen LogP contribution in [0.2, 0.25) is 0 Å². The molecule has 0 aromatic rings. The third-order valence-electron chi connectivity index (χ3n) is 3.85. The molecule has 8 N–H and O–H groups in total. The average Bonchev–Trinajstić information content (AvgIpc) is 3.03. The molecular formula is C20H35N5O9. The van der Waals surface area contributed by atoms with E-state index >= 15 is 0 Å². The molecule has 1 saturated heterocycles. The zero-order valence-corrected chi connectivity index (χ0v) is 19.7. The summed E-state index contributed by atoms with van der Waals surface area (Å²) in [6.07, 6.45) is 2.43. The molecule has 4 amide bonds. The van der Waals surface area contributed by atoms with Gasteiger partial charge in [0.25, 0.3) is 11.8 Å². The summed E-state index contributed by atoms with van der Waals surface area (Å²) in [6, 6.07) is -1.34. The molecule has 0 radical (unpaired) electrons. The fraction of sp³-hybridized carbons (Fsp3) is 0.600. The van der Waals surface area contributed by atoms with Crippen molar-refractivity contribution >= 4 is 35.6 Å². The zero-order valence-electron chi connectivity index (χ0n) is 19.7. The molecule has 194 valence electrons. The number of hydrogen-bond acceptors (Lipinski definition) is 10. The van der Waals surface area contributed by atoms with E-state index in [1.165, 1.54) is 13.8 Å². The summed E-state index contributed by atoms with van der Waals surface area (Å²) in [5.41, 5.74) is 10.4. The van der Waals surface area contributed by atoms with Crippen molar-refractivity contribution in [3.05, 3.63) is 12.3 Å². The van der Waals surface area contributed by atoms with E-state index in [0.717, 1.165) is 19.8 Å². The lowest BCUT2D eigenvalue weighted by atomic mass is 10.1. The molecule has 0 aromatic heterocycles. The molecule has 14 heteroatoms. The average molecular weight is 490 g/mol. The van der Waals surface area contributed by atoms with Crippen LogP contribution in [-0.2, 0) is 33.6 Å². The van der Waals surface area contributed by atoms with Crippen molar-refractivity contribution in [2.75, 3.05) is 13.1 Å². The van der Waals surface area contributed by atoms with Gasteiger partial charge in [0.2, 0.25) is 11.8 Å². The smallest absolute Gasteiger partial charge is 0.330 e. The Balaban J connectivity index is 0. The second kappa shape index (κ2) is 18.0. The predicted molar refractivity (Wildman–Crippen MR) is 119 cm³/mol. The lowest BCUT2D eigenvalue weighted by molar-refractivity contribution is -0.195. The summed E-state index contributed by atoms with van der Waals surface area (Å²) < 4.78 is 0. The molecule has 0 spiro atoms. The van der Waals surface area contributed by atoms with Gasteiger partial charge in [-0.1, -0.05) is 13.0 Å². The van der Waals surface area contributed by atoms with Gasteiger partial charge in [-0.15, -0.1) is 5.06 Å². The number of unbranched alkanes of at least 4 members (excludes halogenated alkanes) is 1. The van der Waals surface area contributed by atoms with Gasteiger partial charge >= 0.3 is 11.9 Å². The Hall–Kier alpha value is -3.52. The molecule has 1 aliphatic rings. The van der Waals surface area contributed by atoms with Gasteiger partial charge in [0, 0.05) is 40.2 Å². The van der Waals surface area contributed by atoms with Crippen molar-refractivity contribution in [1.82, 2.24) is 15.7 Å². The molecule has 0 bridgehead atoms. The third kappa shape index (κ3) is 17.1. The first kappa shape index (κ1) is 32.7. The number of nitrogens with zero attached hydrogens (tertiary/aromatic N) is 1. The van der Waals surface area contributed by atoms with E-state index < -0.39 is 35.8 Å². The highest BCUT2D eigenvalue weighted by Crippen LogP contribution is 2.11. The molecule has 0 aliphatic carbocycles. The number of hydroxylamine groups is 2. The summed E-state index contributed by atoms with van der Waals surface area (Å²) in [5, 5.41) is 22.7. The van der Waals surface area contributed by atoms with Crippen molar-refractivity contribution in [1.29, 1.82) is 0 Å². The Kier molecular flexibility index (Phi) is 17.3. The van der Waals surface area contributed by atoms with Crippen LogP contribution < -0.4 is 22.1 Å². The number of carbonyl (C=O) groups excluding carboxylic acids is 5. The number of nitrogens with one attached hydrogen (secondary N) is 2. The number of aliphatic hydroxyl groups excluding tert-OH is 1. The first-order valence-corrected chi connectivity index (χ1v) is 10.3. The van der Waals surface area contributed by atoms with Crippen LogP contribution in [0.15, 0.2) is 12.3 Å². The first-order chi connectivity index (χ1) is 15.7. The molecule has 0 saturated carbocycles. The van der Waals surface area contributed by atoms with E-state index in [1.807, 2.05) is 0 Å². The van der Waals surface area contributed by atoms with Crippen molar-refractivity contribution < 1.29 is 43.8 Å². The highest BCUT2D eigenvalue weighted by molar-refractivity contribution is 6.01. The van der Waals surface area contributed by atoms with Crippen LogP contribution in [-0.4, -0.2) is 76.0 Å². The van der Waals surface area contributed by atoms with Crippen LogP contribution in [0.4, 0.5) is 0 Å². The van der Waals surface area contributed by atoms with Gasteiger partial charge < -0.3 is 37.2 Å². The lowest BCUT2D eigenvalue weighted by Crippen LogP contribution is -2.43. The van der Waals surface area contributed by atoms with E-state index in [9.17, 15) is 28.8 Å². The van der Waals surface area contributed by atoms with E-state index in [1.54, 1.807) is 0 Å². The van der Waals surface area contributed by atoms with E-state index in [0.29, 0.717) is 18.0 Å². The maximum absolute atomic E-state index is 10.7. The second-order valence-electron chi connectivity index (χ2n) is 7.08. The van der Waals surface area contributed by atoms with Gasteiger partial charge in [-0.3, -0.25) is 24.0 Å². The van der Waals surface area contributed by atoms with Crippen LogP contribution in [0.5, 0.6) is 0 Å². The van der Waals surface area contributed by atoms with Crippen LogP contribution in [0, 0.1) is 0 Å². The molecule has 0 aromatic carbocycles. The van der Waals surface area contributed by atoms with Crippen molar-refractivity contribution in [3.8, 4) is 0 Å². The standard InChI is InChI=1S/C8H14N2O3.C6H14N2O2.C6H7NO4/c1-5(11)8(10-7(3)13)4-9-6(2)12;7-4-2-1-3-5(8)6(9)10;1-4(8)11-7-5(9)2-3-6(7)10/h8,11H,1,4H2,2-3H3,(H,9,12)(H,10,13);5H,1-4,7-8H2,(H,9,10);2-3H2,1H3. The minimum absolute atomic E-state index is 0.131. The van der Waals surface area contributed by atoms with Crippen LogP contribution in [0.3, 0.4) is 0 Å². The largest absolute Gasteiger partial charge is 0.511 e. The maximum Gasteiger partial charge on any atom is 0.330 e. The van der Waals surface area contributed by atoms with Crippen LogP contribution >= 0.6 is 0 Å². The molecule has 1 fully saturated rings. The van der Waals surface area contributed by atoms with Gasteiger partial charge in [-0.2, -0.15) is 0 Å². The van der Waals surface area contributed by atoms with Crippen LogP contribution in [0.1, 0.15) is 52.9 Å². The van der Waals surface area contributed by atoms with Gasteiger partial charge in [-0.05, 0) is 19.4 Å². The number of amides is 4. The molecule has 1 aliphatic heterocycles. The van der Waals surface area contributed by atoms with Crippen molar-refractivity contribution in [3.63, 3.8) is 0 Å². The zero-order chi connectivity index (χ0) is 26.8. The topological polar surface area (TPSA) is 231 Å². The Morgan fingerprint density at radius 3 is 1.94 bits per heavy atom. The van der Waals surface area contributed by atoms with Gasteiger partial charge in [-0.25, -0.2) is 4.79 Å². The number of imide groups is 1. The Morgan fingerprint density at radius 1 is 1.06 bits per heavy atom. The molecule has 14 nitrogen and oxygen atoms in total. The van der Waals surface area contributed by atoms with Gasteiger partial charge in [0.1, 0.15) is 17.8 Å². The molecule has 1 heterocycles. The SMILES string of the molecule is C=C(O)C(CNC(C)=O)NC(C)=O.CC(=O)ON1C(=O)CCC1=O.NCCCCC(N)C(=O)O. The minimum Gasteiger partial charge on any atom is -0.511 e. The molecule has 34 heavy (non-hydrogen) atoms. The Labute approximate surface area is 197 Å². The number of carboxylic acid groups (broad SMARTS) is 1. The number of aliphatic carboxylic acids is 1. The molecular weight excluding hydrogens is 454 g/mol. The summed E-state index contributed by atoms with van der Waals surface area (Å²) >= 11 is 0. The fourth-order valence-corrected chi connectivity index (χ4v) is 2.16. The normalized spacial score (nSPS) is 13.9. The summed E-state index contributed by atoms with van der Waals surface area (Å²) in [5.74, 6) is -3.19. The number of carboxylic acids is 1. The van der Waals surface area contributed by atoms with Crippen molar-refractivity contribution in [2.24, 2.45) is 11.5 Å². The van der Waals surface area contributed by atoms with E-state index in [-0.39, 0.29) is 37.0 Å². The Morgan fingerprint density at radius 2 is 1.59 bits per heavy atom. The number of hydrogen-bond donors (Lipinski definition) is 6. The second-order valence-corrected chi connectivity index (χ2v) is 7.08. The minimum atomic E-state index is -0.933. The van der Waals surface area contributed by atoms with Crippen LogP contribution in [0.25, 0.3) is 0 Å². The molecule has 2 unspecified atom stereocenters. The monoisotopic (exact) mass is 489 g/mol.